The fraction of sp³-hybridized carbons (Fsp3) is 0.533. The van der Waals surface area contributed by atoms with E-state index in [9.17, 15) is 13.2 Å². The van der Waals surface area contributed by atoms with Gasteiger partial charge in [0.1, 0.15) is 0 Å². The number of anilines is 1. The molecule has 1 aromatic rings. The molecule has 0 aliphatic carbocycles. The van der Waals surface area contributed by atoms with Crippen molar-refractivity contribution < 1.29 is 13.2 Å². The van der Waals surface area contributed by atoms with Crippen LogP contribution in [-0.2, 0) is 14.8 Å². The first-order chi connectivity index (χ1) is 9.60. The molecule has 0 saturated heterocycles. The lowest BCUT2D eigenvalue weighted by Gasteiger charge is -2.35. The molecule has 1 unspecified atom stereocenters. The normalized spacial score (nSPS) is 19.0. The molecule has 1 heterocycles. The Morgan fingerprint density at radius 1 is 1.29 bits per heavy atom. The maximum atomic E-state index is 12.2. The van der Waals surface area contributed by atoms with E-state index in [-0.39, 0.29) is 11.9 Å². The third-order valence-corrected chi connectivity index (χ3v) is 4.77. The minimum Gasteiger partial charge on any atom is -0.349 e. The van der Waals surface area contributed by atoms with Gasteiger partial charge in [-0.05, 0) is 18.1 Å². The average Bonchev–Trinajstić information content (AvgIpc) is 2.36. The smallest absolute Gasteiger partial charge is 0.232 e. The predicted molar refractivity (Wildman–Crippen MR) is 83.6 cm³/mol. The number of sulfonamides is 1. The van der Waals surface area contributed by atoms with Gasteiger partial charge in [0.05, 0.1) is 18.0 Å². The van der Waals surface area contributed by atoms with E-state index in [4.69, 9.17) is 0 Å². The number of hydrogen-bond acceptors (Lipinski definition) is 3. The van der Waals surface area contributed by atoms with Crippen molar-refractivity contribution in [1.82, 2.24) is 5.32 Å². The molecule has 1 aliphatic heterocycles. The molecule has 0 bridgehead atoms. The summed E-state index contributed by atoms with van der Waals surface area (Å²) in [4.78, 5) is 12.2. The number of fused-ring (bicyclic) bond motifs is 1. The first-order valence-electron chi connectivity index (χ1n) is 6.98. The summed E-state index contributed by atoms with van der Waals surface area (Å²) in [6, 6.07) is 7.18. The Morgan fingerprint density at radius 3 is 2.48 bits per heavy atom. The summed E-state index contributed by atoms with van der Waals surface area (Å²) < 4.78 is 25.2. The maximum absolute atomic E-state index is 12.2. The van der Waals surface area contributed by atoms with Crippen LogP contribution in [0.4, 0.5) is 5.69 Å². The molecule has 0 spiro atoms. The lowest BCUT2D eigenvalue weighted by molar-refractivity contribution is -0.129. The Morgan fingerprint density at radius 2 is 1.90 bits per heavy atom. The lowest BCUT2D eigenvalue weighted by Crippen LogP contribution is -2.43. The second-order valence-corrected chi connectivity index (χ2v) is 8.37. The topological polar surface area (TPSA) is 66.5 Å². The third kappa shape index (κ3) is 3.37. The Kier molecular flexibility index (Phi) is 4.02. The molecule has 0 fully saturated rings. The predicted octanol–water partition coefficient (Wildman–Crippen LogP) is 2.06. The molecule has 1 N–H and O–H groups in total. The lowest BCUT2D eigenvalue weighted by atomic mass is 9.92. The zero-order valence-electron chi connectivity index (χ0n) is 12.9. The van der Waals surface area contributed by atoms with Crippen molar-refractivity contribution in [2.24, 2.45) is 5.41 Å². The second kappa shape index (κ2) is 5.33. The van der Waals surface area contributed by atoms with Crippen LogP contribution >= 0.6 is 0 Å². The number of carbonyl (C=O) groups excluding carboxylic acids is 1. The molecule has 116 valence electrons. The number of benzene rings is 1. The molecule has 2 rings (SSSR count). The van der Waals surface area contributed by atoms with E-state index in [1.54, 1.807) is 6.07 Å². The standard InChI is InChI=1S/C15H22N2O3S/c1-15(2,3)14(18)16-12-9-10-17(21(4,19)20)13-8-6-5-7-11(12)13/h5-8,12H,9-10H2,1-4H3,(H,16,18). The van der Waals surface area contributed by atoms with Crippen LogP contribution in [0.15, 0.2) is 24.3 Å². The summed E-state index contributed by atoms with van der Waals surface area (Å²) in [5.74, 6) is -0.0323. The van der Waals surface area contributed by atoms with E-state index >= 15 is 0 Å². The van der Waals surface area contributed by atoms with Crippen LogP contribution in [0.2, 0.25) is 0 Å². The Hall–Kier alpha value is -1.56. The van der Waals surface area contributed by atoms with Crippen molar-refractivity contribution >= 4 is 21.6 Å². The third-order valence-electron chi connectivity index (χ3n) is 3.59. The van der Waals surface area contributed by atoms with Crippen LogP contribution in [0.3, 0.4) is 0 Å². The van der Waals surface area contributed by atoms with Crippen LogP contribution in [0.25, 0.3) is 0 Å². The van der Waals surface area contributed by atoms with Gasteiger partial charge in [-0.25, -0.2) is 8.42 Å². The molecule has 1 amide bonds. The Labute approximate surface area is 126 Å². The zero-order chi connectivity index (χ0) is 15.8. The molecule has 0 saturated carbocycles. The highest BCUT2D eigenvalue weighted by molar-refractivity contribution is 7.92. The highest BCUT2D eigenvalue weighted by atomic mass is 32.2. The van der Waals surface area contributed by atoms with Crippen LogP contribution in [0, 0.1) is 5.41 Å². The van der Waals surface area contributed by atoms with Gasteiger partial charge in [0.2, 0.25) is 15.9 Å². The van der Waals surface area contributed by atoms with Gasteiger partial charge >= 0.3 is 0 Å². The highest BCUT2D eigenvalue weighted by Gasteiger charge is 2.32. The van der Waals surface area contributed by atoms with Crippen molar-refractivity contribution in [1.29, 1.82) is 0 Å². The minimum atomic E-state index is -3.30. The highest BCUT2D eigenvalue weighted by Crippen LogP contribution is 2.35. The molecule has 21 heavy (non-hydrogen) atoms. The minimum absolute atomic E-state index is 0.0323. The summed E-state index contributed by atoms with van der Waals surface area (Å²) in [5, 5.41) is 3.03. The van der Waals surface area contributed by atoms with Gasteiger partial charge in [0.25, 0.3) is 0 Å². The molecular formula is C15H22N2O3S. The fourth-order valence-corrected chi connectivity index (χ4v) is 3.36. The first kappa shape index (κ1) is 15.8. The van der Waals surface area contributed by atoms with Crippen molar-refractivity contribution in [2.45, 2.75) is 33.2 Å². The number of nitrogens with zero attached hydrogens (tertiary/aromatic N) is 1. The quantitative estimate of drug-likeness (QED) is 0.909. The molecular weight excluding hydrogens is 288 g/mol. The Balaban J connectivity index is 2.34. The van der Waals surface area contributed by atoms with E-state index in [0.717, 1.165) is 5.56 Å². The monoisotopic (exact) mass is 310 g/mol. The summed E-state index contributed by atoms with van der Waals surface area (Å²) >= 11 is 0. The average molecular weight is 310 g/mol. The largest absolute Gasteiger partial charge is 0.349 e. The summed E-state index contributed by atoms with van der Waals surface area (Å²) in [6.45, 7) is 5.96. The second-order valence-electron chi connectivity index (χ2n) is 6.46. The van der Waals surface area contributed by atoms with E-state index in [1.807, 2.05) is 39.0 Å². The SMILES string of the molecule is CC(C)(C)C(=O)NC1CCN(S(C)(=O)=O)c2ccccc21. The number of rotatable bonds is 2. The van der Waals surface area contributed by atoms with Gasteiger partial charge < -0.3 is 5.32 Å². The number of amides is 1. The molecule has 5 nitrogen and oxygen atoms in total. The van der Waals surface area contributed by atoms with E-state index in [1.165, 1.54) is 10.6 Å². The van der Waals surface area contributed by atoms with Crippen LogP contribution in [0.5, 0.6) is 0 Å². The van der Waals surface area contributed by atoms with Gasteiger partial charge in [-0.15, -0.1) is 0 Å². The number of nitrogens with one attached hydrogen (secondary N) is 1. The van der Waals surface area contributed by atoms with Crippen molar-refractivity contribution in [3.63, 3.8) is 0 Å². The molecule has 1 aromatic carbocycles. The van der Waals surface area contributed by atoms with Crippen molar-refractivity contribution in [3.05, 3.63) is 29.8 Å². The van der Waals surface area contributed by atoms with Crippen LogP contribution in [-0.4, -0.2) is 27.1 Å². The summed E-state index contributed by atoms with van der Waals surface area (Å²) in [7, 11) is -3.30. The number of carbonyl (C=O) groups is 1. The zero-order valence-corrected chi connectivity index (χ0v) is 13.7. The molecule has 0 aromatic heterocycles. The molecule has 1 aliphatic rings. The number of hydrogen-bond donors (Lipinski definition) is 1. The van der Waals surface area contributed by atoms with Crippen molar-refractivity contribution in [3.8, 4) is 0 Å². The summed E-state index contributed by atoms with van der Waals surface area (Å²) in [5.41, 5.74) is 1.04. The molecule has 1 atom stereocenters. The fourth-order valence-electron chi connectivity index (χ4n) is 2.40. The van der Waals surface area contributed by atoms with Crippen LogP contribution < -0.4 is 9.62 Å². The van der Waals surface area contributed by atoms with E-state index < -0.39 is 15.4 Å². The van der Waals surface area contributed by atoms with E-state index in [0.29, 0.717) is 18.7 Å². The van der Waals surface area contributed by atoms with Gasteiger partial charge in [-0.1, -0.05) is 39.0 Å². The molecule has 6 heteroatoms. The summed E-state index contributed by atoms with van der Waals surface area (Å²) in [6.07, 6.45) is 1.78. The van der Waals surface area contributed by atoms with Gasteiger partial charge in [0.15, 0.2) is 0 Å². The van der Waals surface area contributed by atoms with Crippen LogP contribution in [0.1, 0.15) is 38.8 Å². The Bertz CT molecular complexity index is 647. The van der Waals surface area contributed by atoms with Gasteiger partial charge in [0, 0.05) is 12.0 Å². The maximum Gasteiger partial charge on any atom is 0.232 e. The van der Waals surface area contributed by atoms with Gasteiger partial charge in [-0.2, -0.15) is 0 Å². The van der Waals surface area contributed by atoms with E-state index in [2.05, 4.69) is 5.32 Å². The molecule has 0 radical (unpaired) electrons. The number of para-hydroxylation sites is 1. The first-order valence-corrected chi connectivity index (χ1v) is 8.83. The van der Waals surface area contributed by atoms with Crippen molar-refractivity contribution in [2.75, 3.05) is 17.1 Å². The van der Waals surface area contributed by atoms with Gasteiger partial charge in [-0.3, -0.25) is 9.10 Å².